The Morgan fingerprint density at radius 3 is 2.25 bits per heavy atom. The molecule has 0 unspecified atom stereocenters. The molecule has 0 heterocycles. The lowest BCUT2D eigenvalue weighted by atomic mass is 10.2. The van der Waals surface area contributed by atoms with Crippen molar-refractivity contribution in [1.29, 1.82) is 0 Å². The van der Waals surface area contributed by atoms with Gasteiger partial charge in [0.1, 0.15) is 0 Å². The van der Waals surface area contributed by atoms with Crippen LogP contribution in [0.5, 0.6) is 0 Å². The van der Waals surface area contributed by atoms with Crippen LogP contribution in [0.3, 0.4) is 0 Å². The highest BCUT2D eigenvalue weighted by atomic mass is 32.2. The zero-order chi connectivity index (χ0) is 17.6. The lowest BCUT2D eigenvalue weighted by Crippen LogP contribution is -2.40. The van der Waals surface area contributed by atoms with Crippen LogP contribution in [-0.4, -0.2) is 31.7 Å². The topological polar surface area (TPSA) is 66.5 Å². The summed E-state index contributed by atoms with van der Waals surface area (Å²) in [6.45, 7) is 4.03. The number of carbonyl (C=O) groups is 1. The van der Waals surface area contributed by atoms with Gasteiger partial charge in [0.25, 0.3) is 0 Å². The number of likely N-dealkylation sites (N-methyl/N-ethyl adjacent to an activating group) is 1. The van der Waals surface area contributed by atoms with E-state index in [1.54, 1.807) is 31.2 Å². The minimum atomic E-state index is -3.67. The zero-order valence-electron chi connectivity index (χ0n) is 13.9. The van der Waals surface area contributed by atoms with Crippen molar-refractivity contribution in [2.45, 2.75) is 25.3 Å². The van der Waals surface area contributed by atoms with Gasteiger partial charge in [-0.3, -0.25) is 4.79 Å². The summed E-state index contributed by atoms with van der Waals surface area (Å²) in [4.78, 5) is 12.3. The molecule has 2 rings (SSSR count). The Bertz CT molecular complexity index is 772. The SMILES string of the molecule is CCN(CC(=O)NCc1ccccc1)S(=O)(=O)c1ccc(C)cc1. The van der Waals surface area contributed by atoms with Gasteiger partial charge >= 0.3 is 0 Å². The fourth-order valence-electron chi connectivity index (χ4n) is 2.24. The summed E-state index contributed by atoms with van der Waals surface area (Å²) in [5.41, 5.74) is 1.95. The maximum atomic E-state index is 12.6. The maximum Gasteiger partial charge on any atom is 0.243 e. The van der Waals surface area contributed by atoms with Crippen molar-refractivity contribution in [3.8, 4) is 0 Å². The van der Waals surface area contributed by atoms with Crippen LogP contribution in [0.25, 0.3) is 0 Å². The highest BCUT2D eigenvalue weighted by molar-refractivity contribution is 7.89. The van der Waals surface area contributed by atoms with Crippen molar-refractivity contribution in [1.82, 2.24) is 9.62 Å². The van der Waals surface area contributed by atoms with E-state index in [0.29, 0.717) is 6.54 Å². The van der Waals surface area contributed by atoms with Crippen LogP contribution in [0.4, 0.5) is 0 Å². The highest BCUT2D eigenvalue weighted by Crippen LogP contribution is 2.16. The van der Waals surface area contributed by atoms with Gasteiger partial charge in [-0.05, 0) is 24.6 Å². The molecule has 0 bridgehead atoms. The molecule has 0 radical (unpaired) electrons. The van der Waals surface area contributed by atoms with Gasteiger partial charge < -0.3 is 5.32 Å². The summed E-state index contributed by atoms with van der Waals surface area (Å²) in [6.07, 6.45) is 0. The third kappa shape index (κ3) is 4.66. The van der Waals surface area contributed by atoms with E-state index in [-0.39, 0.29) is 23.9 Å². The van der Waals surface area contributed by atoms with Crippen molar-refractivity contribution >= 4 is 15.9 Å². The Morgan fingerprint density at radius 1 is 1.04 bits per heavy atom. The van der Waals surface area contributed by atoms with Crippen LogP contribution in [0.2, 0.25) is 0 Å². The first-order chi connectivity index (χ1) is 11.4. The molecule has 6 heteroatoms. The summed E-state index contributed by atoms with van der Waals surface area (Å²) in [7, 11) is -3.67. The number of amides is 1. The minimum absolute atomic E-state index is 0.195. The van der Waals surface area contributed by atoms with E-state index < -0.39 is 10.0 Å². The maximum absolute atomic E-state index is 12.6. The summed E-state index contributed by atoms with van der Waals surface area (Å²) < 4.78 is 26.4. The first-order valence-electron chi connectivity index (χ1n) is 7.81. The minimum Gasteiger partial charge on any atom is -0.351 e. The third-order valence-corrected chi connectivity index (χ3v) is 5.60. The summed E-state index contributed by atoms with van der Waals surface area (Å²) in [5.74, 6) is -0.323. The lowest BCUT2D eigenvalue weighted by Gasteiger charge is -2.20. The van der Waals surface area contributed by atoms with Crippen LogP contribution in [-0.2, 0) is 21.4 Å². The van der Waals surface area contributed by atoms with Gasteiger partial charge in [-0.1, -0.05) is 55.0 Å². The monoisotopic (exact) mass is 346 g/mol. The first kappa shape index (κ1) is 18.2. The smallest absolute Gasteiger partial charge is 0.243 e. The quantitative estimate of drug-likeness (QED) is 0.837. The predicted octanol–water partition coefficient (Wildman–Crippen LogP) is 2.32. The zero-order valence-corrected chi connectivity index (χ0v) is 14.7. The molecule has 0 aliphatic rings. The highest BCUT2D eigenvalue weighted by Gasteiger charge is 2.24. The van der Waals surface area contributed by atoms with E-state index in [9.17, 15) is 13.2 Å². The number of benzene rings is 2. The van der Waals surface area contributed by atoms with Gasteiger partial charge in [0.05, 0.1) is 11.4 Å². The second-order valence-electron chi connectivity index (χ2n) is 5.51. The van der Waals surface area contributed by atoms with Gasteiger partial charge in [0, 0.05) is 13.1 Å². The molecule has 1 amide bonds. The second-order valence-corrected chi connectivity index (χ2v) is 7.44. The molecule has 0 aliphatic heterocycles. The number of hydrogen-bond donors (Lipinski definition) is 1. The number of nitrogens with one attached hydrogen (secondary N) is 1. The fourth-order valence-corrected chi connectivity index (χ4v) is 3.64. The van der Waals surface area contributed by atoms with E-state index in [1.807, 2.05) is 37.3 Å². The van der Waals surface area contributed by atoms with E-state index in [1.165, 1.54) is 4.31 Å². The van der Waals surface area contributed by atoms with Crippen LogP contribution in [0.15, 0.2) is 59.5 Å². The van der Waals surface area contributed by atoms with E-state index in [0.717, 1.165) is 11.1 Å². The van der Waals surface area contributed by atoms with Gasteiger partial charge in [-0.2, -0.15) is 4.31 Å². The second kappa shape index (κ2) is 8.08. The van der Waals surface area contributed by atoms with Gasteiger partial charge in [0.2, 0.25) is 15.9 Å². The molecule has 0 aromatic heterocycles. The number of rotatable bonds is 7. The molecular weight excluding hydrogens is 324 g/mol. The average Bonchev–Trinajstić information content (AvgIpc) is 2.59. The molecule has 2 aromatic rings. The number of carbonyl (C=O) groups excluding carboxylic acids is 1. The van der Waals surface area contributed by atoms with Crippen LogP contribution < -0.4 is 5.32 Å². The Morgan fingerprint density at radius 2 is 1.67 bits per heavy atom. The molecular formula is C18H22N2O3S. The van der Waals surface area contributed by atoms with E-state index >= 15 is 0 Å². The molecule has 0 saturated carbocycles. The summed E-state index contributed by atoms with van der Waals surface area (Å²) >= 11 is 0. The summed E-state index contributed by atoms with van der Waals surface area (Å²) in [6, 6.07) is 16.1. The van der Waals surface area contributed by atoms with E-state index in [2.05, 4.69) is 5.32 Å². The largest absolute Gasteiger partial charge is 0.351 e. The standard InChI is InChI=1S/C18H22N2O3S/c1-3-20(24(22,23)17-11-9-15(2)10-12-17)14-18(21)19-13-16-7-5-4-6-8-16/h4-12H,3,13-14H2,1-2H3,(H,19,21). The van der Waals surface area contributed by atoms with E-state index in [4.69, 9.17) is 0 Å². The Labute approximate surface area is 143 Å². The Hall–Kier alpha value is -2.18. The molecule has 128 valence electrons. The van der Waals surface area contributed by atoms with Crippen molar-refractivity contribution < 1.29 is 13.2 Å². The lowest BCUT2D eigenvalue weighted by molar-refractivity contribution is -0.121. The Kier molecular flexibility index (Phi) is 6.11. The molecule has 5 nitrogen and oxygen atoms in total. The van der Waals surface area contributed by atoms with Gasteiger partial charge in [-0.25, -0.2) is 8.42 Å². The molecule has 1 N–H and O–H groups in total. The van der Waals surface area contributed by atoms with Gasteiger partial charge in [0.15, 0.2) is 0 Å². The number of sulfonamides is 1. The predicted molar refractivity (Wildman–Crippen MR) is 93.9 cm³/mol. The molecule has 24 heavy (non-hydrogen) atoms. The number of nitrogens with zero attached hydrogens (tertiary/aromatic N) is 1. The van der Waals surface area contributed by atoms with Crippen molar-refractivity contribution in [2.24, 2.45) is 0 Å². The van der Waals surface area contributed by atoms with Crippen LogP contribution in [0, 0.1) is 6.92 Å². The third-order valence-electron chi connectivity index (χ3n) is 3.66. The molecule has 0 saturated heterocycles. The summed E-state index contributed by atoms with van der Waals surface area (Å²) in [5, 5.41) is 2.75. The number of aryl methyl sites for hydroxylation is 1. The van der Waals surface area contributed by atoms with Crippen LogP contribution >= 0.6 is 0 Å². The molecule has 0 aliphatic carbocycles. The molecule has 2 aromatic carbocycles. The fraction of sp³-hybridized carbons (Fsp3) is 0.278. The van der Waals surface area contributed by atoms with Crippen molar-refractivity contribution in [3.05, 3.63) is 65.7 Å². The first-order valence-corrected chi connectivity index (χ1v) is 9.25. The van der Waals surface area contributed by atoms with Crippen molar-refractivity contribution in [2.75, 3.05) is 13.1 Å². The van der Waals surface area contributed by atoms with Crippen LogP contribution in [0.1, 0.15) is 18.1 Å². The normalized spacial score (nSPS) is 11.5. The molecule has 0 atom stereocenters. The number of hydrogen-bond acceptors (Lipinski definition) is 3. The van der Waals surface area contributed by atoms with Crippen molar-refractivity contribution in [3.63, 3.8) is 0 Å². The average molecular weight is 346 g/mol. The Balaban J connectivity index is 2.02. The van der Waals surface area contributed by atoms with Gasteiger partial charge in [-0.15, -0.1) is 0 Å². The molecule has 0 fully saturated rings. The molecule has 0 spiro atoms.